The molecule has 7 nitrogen and oxygen atoms in total. The fraction of sp³-hybridized carbons (Fsp3) is 0.143. The highest BCUT2D eigenvalue weighted by molar-refractivity contribution is 5.60. The molecule has 0 spiro atoms. The lowest BCUT2D eigenvalue weighted by atomic mass is 10.2. The molecule has 106 valence electrons. The molecule has 0 aliphatic heterocycles. The van der Waals surface area contributed by atoms with Crippen molar-refractivity contribution >= 4 is 5.95 Å². The molecule has 0 amide bonds. The Labute approximate surface area is 121 Å². The molecule has 7 heteroatoms. The summed E-state index contributed by atoms with van der Waals surface area (Å²) in [5.74, 6) is 1.99. The molecule has 21 heavy (non-hydrogen) atoms. The molecule has 0 saturated heterocycles. The highest BCUT2D eigenvalue weighted by Crippen LogP contribution is 2.19. The maximum atomic E-state index is 5.71. The summed E-state index contributed by atoms with van der Waals surface area (Å²) in [5, 5.41) is 0. The number of aromatic nitrogens is 5. The van der Waals surface area contributed by atoms with E-state index in [1.807, 2.05) is 30.3 Å². The Hall–Kier alpha value is -2.80. The van der Waals surface area contributed by atoms with Crippen LogP contribution in [0.1, 0.15) is 5.82 Å². The predicted octanol–water partition coefficient (Wildman–Crippen LogP) is 1.01. The summed E-state index contributed by atoms with van der Waals surface area (Å²) < 4.78 is 0. The smallest absolute Gasteiger partial charge is 0.223 e. The van der Waals surface area contributed by atoms with Crippen molar-refractivity contribution in [1.29, 1.82) is 0 Å². The number of nitrogen functional groups attached to an aromatic ring is 1. The first-order chi connectivity index (χ1) is 10.3. The molecule has 0 radical (unpaired) electrons. The van der Waals surface area contributed by atoms with Gasteiger partial charge in [0, 0.05) is 12.0 Å². The summed E-state index contributed by atoms with van der Waals surface area (Å²) in [4.78, 5) is 20.1. The first-order valence-corrected chi connectivity index (χ1v) is 6.57. The zero-order chi connectivity index (χ0) is 14.7. The summed E-state index contributed by atoms with van der Waals surface area (Å²) in [5.41, 5.74) is 12.9. The van der Waals surface area contributed by atoms with E-state index in [0.29, 0.717) is 30.3 Å². The Balaban J connectivity index is 1.96. The zero-order valence-electron chi connectivity index (χ0n) is 11.3. The van der Waals surface area contributed by atoms with E-state index in [9.17, 15) is 0 Å². The van der Waals surface area contributed by atoms with Crippen molar-refractivity contribution in [1.82, 2.24) is 24.9 Å². The van der Waals surface area contributed by atoms with Crippen molar-refractivity contribution in [2.24, 2.45) is 5.73 Å². The van der Waals surface area contributed by atoms with Crippen LogP contribution in [0.4, 0.5) is 5.95 Å². The molecule has 0 saturated carbocycles. The first-order valence-electron chi connectivity index (χ1n) is 6.57. The topological polar surface area (TPSA) is 119 Å². The fourth-order valence-electron chi connectivity index (χ4n) is 1.98. The number of rotatable bonds is 4. The molecule has 0 unspecified atom stereocenters. The first kappa shape index (κ1) is 13.2. The second-order valence-electron chi connectivity index (χ2n) is 4.48. The summed E-state index contributed by atoms with van der Waals surface area (Å²) in [6.45, 7) is 0.459. The Morgan fingerprint density at radius 2 is 1.86 bits per heavy atom. The van der Waals surface area contributed by atoms with Crippen LogP contribution in [0.15, 0.2) is 36.5 Å². The van der Waals surface area contributed by atoms with Gasteiger partial charge in [0.2, 0.25) is 5.95 Å². The molecular weight excluding hydrogens is 266 g/mol. The molecule has 3 aromatic rings. The van der Waals surface area contributed by atoms with Crippen LogP contribution in [0.2, 0.25) is 0 Å². The van der Waals surface area contributed by atoms with E-state index in [1.54, 1.807) is 6.20 Å². The second-order valence-corrected chi connectivity index (χ2v) is 4.48. The molecule has 0 atom stereocenters. The molecule has 0 fully saturated rings. The minimum atomic E-state index is 0.180. The van der Waals surface area contributed by atoms with E-state index in [4.69, 9.17) is 11.5 Å². The minimum absolute atomic E-state index is 0.180. The highest BCUT2D eigenvalue weighted by atomic mass is 15.1. The van der Waals surface area contributed by atoms with Crippen molar-refractivity contribution in [2.75, 3.05) is 12.3 Å². The number of nitrogens with two attached hydrogens (primary N) is 2. The number of aromatic amines is 1. The molecule has 2 heterocycles. The average Bonchev–Trinajstić information content (AvgIpc) is 2.98. The van der Waals surface area contributed by atoms with Crippen molar-refractivity contribution in [2.45, 2.75) is 6.42 Å². The number of hydrogen-bond acceptors (Lipinski definition) is 6. The lowest BCUT2D eigenvalue weighted by molar-refractivity contribution is 0.853. The maximum Gasteiger partial charge on any atom is 0.223 e. The summed E-state index contributed by atoms with van der Waals surface area (Å²) in [6.07, 6.45) is 2.24. The van der Waals surface area contributed by atoms with Crippen LogP contribution in [0, 0.1) is 0 Å². The summed E-state index contributed by atoms with van der Waals surface area (Å²) in [7, 11) is 0. The monoisotopic (exact) mass is 281 g/mol. The molecular formula is C14H15N7. The summed E-state index contributed by atoms with van der Waals surface area (Å²) >= 11 is 0. The van der Waals surface area contributed by atoms with Crippen LogP contribution in [0.25, 0.3) is 22.9 Å². The van der Waals surface area contributed by atoms with E-state index in [-0.39, 0.29) is 5.95 Å². The van der Waals surface area contributed by atoms with Crippen LogP contribution in [-0.4, -0.2) is 31.5 Å². The third kappa shape index (κ3) is 2.87. The number of imidazole rings is 1. The van der Waals surface area contributed by atoms with Crippen molar-refractivity contribution in [3.8, 4) is 22.9 Å². The largest absolute Gasteiger partial charge is 0.368 e. The van der Waals surface area contributed by atoms with Gasteiger partial charge in [0.1, 0.15) is 17.3 Å². The molecule has 0 aliphatic carbocycles. The van der Waals surface area contributed by atoms with E-state index in [2.05, 4.69) is 24.9 Å². The number of benzene rings is 1. The van der Waals surface area contributed by atoms with Gasteiger partial charge < -0.3 is 16.5 Å². The predicted molar refractivity (Wildman–Crippen MR) is 80.0 cm³/mol. The third-order valence-corrected chi connectivity index (χ3v) is 2.93. The highest BCUT2D eigenvalue weighted by Gasteiger charge is 2.10. The molecule has 3 rings (SSSR count). The fourth-order valence-corrected chi connectivity index (χ4v) is 1.98. The molecule has 1 aromatic carbocycles. The third-order valence-electron chi connectivity index (χ3n) is 2.93. The van der Waals surface area contributed by atoms with Gasteiger partial charge in [-0.05, 0) is 6.54 Å². The molecule has 0 bridgehead atoms. The lowest BCUT2D eigenvalue weighted by Gasteiger charge is -2.02. The average molecular weight is 281 g/mol. The number of anilines is 1. The van der Waals surface area contributed by atoms with Gasteiger partial charge in [0.25, 0.3) is 0 Å². The van der Waals surface area contributed by atoms with Gasteiger partial charge in [-0.3, -0.25) is 0 Å². The van der Waals surface area contributed by atoms with Gasteiger partial charge >= 0.3 is 0 Å². The van der Waals surface area contributed by atoms with Gasteiger partial charge in [-0.2, -0.15) is 9.97 Å². The van der Waals surface area contributed by atoms with E-state index >= 15 is 0 Å². The van der Waals surface area contributed by atoms with E-state index < -0.39 is 0 Å². The normalized spacial score (nSPS) is 10.7. The number of nitrogens with one attached hydrogen (secondary N) is 1. The standard InChI is InChI=1S/C14H15N7/c15-7-6-11-19-13(21-14(16)20-11)10-8-17-12(18-10)9-4-2-1-3-5-9/h1-5,8H,6-7,15H2,(H,17,18)(H2,16,19,20,21). The van der Waals surface area contributed by atoms with Crippen molar-refractivity contribution in [3.63, 3.8) is 0 Å². The summed E-state index contributed by atoms with van der Waals surface area (Å²) in [6, 6.07) is 9.82. The van der Waals surface area contributed by atoms with Gasteiger partial charge in [-0.15, -0.1) is 0 Å². The van der Waals surface area contributed by atoms with E-state index in [1.165, 1.54) is 0 Å². The van der Waals surface area contributed by atoms with Gasteiger partial charge in [-0.1, -0.05) is 30.3 Å². The van der Waals surface area contributed by atoms with Crippen molar-refractivity contribution < 1.29 is 0 Å². The van der Waals surface area contributed by atoms with E-state index in [0.717, 1.165) is 11.4 Å². The van der Waals surface area contributed by atoms with Crippen LogP contribution in [-0.2, 0) is 6.42 Å². The number of H-pyrrole nitrogens is 1. The number of nitrogens with zero attached hydrogens (tertiary/aromatic N) is 4. The lowest BCUT2D eigenvalue weighted by Crippen LogP contribution is -2.10. The maximum absolute atomic E-state index is 5.71. The van der Waals surface area contributed by atoms with Crippen LogP contribution < -0.4 is 11.5 Å². The quantitative estimate of drug-likeness (QED) is 0.656. The minimum Gasteiger partial charge on any atom is -0.368 e. The van der Waals surface area contributed by atoms with Gasteiger partial charge in [0.05, 0.1) is 6.20 Å². The second kappa shape index (κ2) is 5.68. The Bertz CT molecular complexity index is 736. The zero-order valence-corrected chi connectivity index (χ0v) is 11.3. The molecule has 0 aliphatic rings. The van der Waals surface area contributed by atoms with Gasteiger partial charge in [0.15, 0.2) is 5.82 Å². The van der Waals surface area contributed by atoms with Crippen LogP contribution in [0.5, 0.6) is 0 Å². The van der Waals surface area contributed by atoms with Crippen LogP contribution in [0.3, 0.4) is 0 Å². The Kier molecular flexibility index (Phi) is 3.57. The molecule has 2 aromatic heterocycles. The SMILES string of the molecule is NCCc1nc(N)nc(-c2cnc(-c3ccccc3)[nH]2)n1. The Morgan fingerprint density at radius 3 is 2.62 bits per heavy atom. The van der Waals surface area contributed by atoms with Crippen LogP contribution >= 0.6 is 0 Å². The molecule has 5 N–H and O–H groups in total. The van der Waals surface area contributed by atoms with Gasteiger partial charge in [-0.25, -0.2) is 9.97 Å². The number of hydrogen-bond donors (Lipinski definition) is 3. The van der Waals surface area contributed by atoms with Crippen molar-refractivity contribution in [3.05, 3.63) is 42.4 Å². The Morgan fingerprint density at radius 1 is 1.05 bits per heavy atom.